The van der Waals surface area contributed by atoms with Gasteiger partial charge in [0.2, 0.25) is 0 Å². The maximum Gasteiger partial charge on any atom is 0.321 e. The number of ketones is 1. The van der Waals surface area contributed by atoms with E-state index in [1.54, 1.807) is 51.2 Å². The second-order valence-corrected chi connectivity index (χ2v) is 11.7. The molecule has 0 unspecified atom stereocenters. The van der Waals surface area contributed by atoms with E-state index in [2.05, 4.69) is 10.0 Å². The van der Waals surface area contributed by atoms with Gasteiger partial charge < -0.3 is 14.8 Å². The van der Waals surface area contributed by atoms with Crippen molar-refractivity contribution in [1.29, 1.82) is 0 Å². The molecule has 11 heteroatoms. The van der Waals surface area contributed by atoms with Crippen LogP contribution in [0.25, 0.3) is 0 Å². The van der Waals surface area contributed by atoms with Crippen LogP contribution < -0.4 is 15.6 Å². The number of amides is 2. The number of Topliss-reactive ketones (excluding diaryl/α,β-unsaturated/α-hetero) is 1. The van der Waals surface area contributed by atoms with Crippen molar-refractivity contribution in [3.05, 3.63) is 75.5 Å². The van der Waals surface area contributed by atoms with Crippen molar-refractivity contribution in [3.8, 4) is 0 Å². The number of rotatable bonds is 5. The van der Waals surface area contributed by atoms with Gasteiger partial charge in [-0.2, -0.15) is 0 Å². The Morgan fingerprint density at radius 1 is 1.03 bits per heavy atom. The summed E-state index contributed by atoms with van der Waals surface area (Å²) in [5, 5.41) is 4.55. The normalized spacial score (nSPS) is 19.1. The van der Waals surface area contributed by atoms with Gasteiger partial charge in [0.25, 0.3) is 15.6 Å². The number of benzene rings is 1. The van der Waals surface area contributed by atoms with E-state index in [9.17, 15) is 22.8 Å². The van der Waals surface area contributed by atoms with E-state index in [4.69, 9.17) is 0 Å². The highest BCUT2D eigenvalue weighted by molar-refractivity contribution is 7.94. The van der Waals surface area contributed by atoms with Crippen LogP contribution in [0.2, 0.25) is 0 Å². The molecule has 4 heterocycles. The number of fused-ring (bicyclic) bond motifs is 4. The van der Waals surface area contributed by atoms with E-state index in [1.165, 1.54) is 19.1 Å². The van der Waals surface area contributed by atoms with Crippen LogP contribution in [-0.4, -0.2) is 42.8 Å². The Labute approximate surface area is 206 Å². The maximum atomic E-state index is 13.1. The minimum atomic E-state index is -3.82. The number of carbonyl (C=O) groups is 2. The first-order chi connectivity index (χ1) is 16.7. The number of carbonyl (C=O) groups excluding carboxylic acids is 2. The van der Waals surface area contributed by atoms with Crippen molar-refractivity contribution in [1.82, 2.24) is 9.47 Å². The molecule has 1 aromatic carbocycles. The van der Waals surface area contributed by atoms with Gasteiger partial charge in [0.05, 0.1) is 0 Å². The van der Waals surface area contributed by atoms with Crippen LogP contribution >= 0.6 is 11.3 Å². The number of likely N-dealkylation sites (tertiary alicyclic amines) is 1. The molecule has 35 heavy (non-hydrogen) atoms. The summed E-state index contributed by atoms with van der Waals surface area (Å²) in [5.41, 5.74) is 1.63. The van der Waals surface area contributed by atoms with Crippen LogP contribution in [0.1, 0.15) is 35.3 Å². The molecule has 1 saturated heterocycles. The zero-order chi connectivity index (χ0) is 24.7. The first-order valence-electron chi connectivity index (χ1n) is 11.2. The number of piperidine rings is 1. The summed E-state index contributed by atoms with van der Waals surface area (Å²) in [6.45, 7) is 2.85. The molecule has 0 radical (unpaired) electrons. The fraction of sp³-hybridized carbons (Fsp3) is 0.292. The number of nitrogens with one attached hydrogen (secondary N) is 2. The molecule has 3 aromatic rings. The van der Waals surface area contributed by atoms with Gasteiger partial charge in [-0.15, -0.1) is 11.3 Å². The van der Waals surface area contributed by atoms with Crippen molar-refractivity contribution < 1.29 is 18.0 Å². The van der Waals surface area contributed by atoms with Gasteiger partial charge in [0.1, 0.15) is 9.90 Å². The number of pyridine rings is 1. The molecule has 2 bridgehead atoms. The predicted octanol–water partition coefficient (Wildman–Crippen LogP) is 3.56. The maximum absolute atomic E-state index is 13.1. The number of thiophene rings is 1. The Hall–Kier alpha value is -3.44. The Morgan fingerprint density at radius 3 is 2.49 bits per heavy atom. The van der Waals surface area contributed by atoms with Crippen molar-refractivity contribution in [2.75, 3.05) is 23.1 Å². The lowest BCUT2D eigenvalue weighted by Crippen LogP contribution is -2.50. The summed E-state index contributed by atoms with van der Waals surface area (Å²) in [4.78, 5) is 39.3. The highest BCUT2D eigenvalue weighted by Crippen LogP contribution is 2.36. The van der Waals surface area contributed by atoms with Crippen molar-refractivity contribution in [3.63, 3.8) is 0 Å². The molecule has 2 aromatic heterocycles. The molecule has 2 amide bonds. The molecule has 0 aliphatic carbocycles. The standard InChI is InChI=1S/C24H24N4O5S2/c1-15(29)17-4-6-19(7-5-17)25-24(31)27-12-16-11-18(14-27)21-9-8-20(23(30)28(21)13-16)26-35(32,33)22-3-2-10-34-22/h2-10,16,18,26H,11-14H2,1H3,(H,25,31)/t16-,18-/m1/s1. The first-order valence-corrected chi connectivity index (χ1v) is 13.5. The number of hydrogen-bond acceptors (Lipinski definition) is 6. The third-order valence-electron chi connectivity index (χ3n) is 6.44. The van der Waals surface area contributed by atoms with E-state index in [0.29, 0.717) is 30.9 Å². The number of urea groups is 1. The molecule has 5 rings (SSSR count). The minimum Gasteiger partial charge on any atom is -0.324 e. The Balaban J connectivity index is 1.32. The van der Waals surface area contributed by atoms with Gasteiger partial charge in [-0.25, -0.2) is 13.2 Å². The number of sulfonamides is 1. The Kier molecular flexibility index (Phi) is 5.97. The van der Waals surface area contributed by atoms with Crippen molar-refractivity contribution in [2.45, 2.75) is 30.0 Å². The van der Waals surface area contributed by atoms with Gasteiger partial charge in [-0.3, -0.25) is 14.3 Å². The van der Waals surface area contributed by atoms with Crippen LogP contribution in [0.4, 0.5) is 16.2 Å². The van der Waals surface area contributed by atoms with Crippen molar-refractivity contribution >= 4 is 44.5 Å². The summed E-state index contributed by atoms with van der Waals surface area (Å²) in [7, 11) is -3.82. The molecule has 0 saturated carbocycles. The molecular formula is C24H24N4O5S2. The zero-order valence-corrected chi connectivity index (χ0v) is 20.6. The number of nitrogens with zero attached hydrogens (tertiary/aromatic N) is 2. The largest absolute Gasteiger partial charge is 0.324 e. The highest BCUT2D eigenvalue weighted by atomic mass is 32.2. The molecule has 0 spiro atoms. The third-order valence-corrected chi connectivity index (χ3v) is 9.20. The van der Waals surface area contributed by atoms with Crippen LogP contribution in [0, 0.1) is 5.92 Å². The summed E-state index contributed by atoms with van der Waals surface area (Å²) in [6.07, 6.45) is 0.858. The van der Waals surface area contributed by atoms with E-state index in [0.717, 1.165) is 23.5 Å². The fourth-order valence-corrected chi connectivity index (χ4v) is 6.84. The van der Waals surface area contributed by atoms with E-state index in [1.807, 2.05) is 0 Å². The number of aromatic nitrogens is 1. The molecule has 2 aliphatic heterocycles. The lowest BCUT2D eigenvalue weighted by atomic mass is 9.83. The van der Waals surface area contributed by atoms with Gasteiger partial charge in [0.15, 0.2) is 5.78 Å². The lowest BCUT2D eigenvalue weighted by Gasteiger charge is -2.42. The number of anilines is 2. The number of hydrogen-bond donors (Lipinski definition) is 2. The molecule has 1 fully saturated rings. The van der Waals surface area contributed by atoms with Crippen LogP contribution in [0.5, 0.6) is 0 Å². The topological polar surface area (TPSA) is 118 Å². The quantitative estimate of drug-likeness (QED) is 0.507. The molecule has 182 valence electrons. The first kappa shape index (κ1) is 23.3. The summed E-state index contributed by atoms with van der Waals surface area (Å²) >= 11 is 1.08. The zero-order valence-electron chi connectivity index (χ0n) is 18.9. The van der Waals surface area contributed by atoms with Gasteiger partial charge in [-0.1, -0.05) is 6.07 Å². The SMILES string of the molecule is CC(=O)c1ccc(NC(=O)N2C[C@H]3C[C@H](C2)c2ccc(NS(=O)(=O)c4cccs4)c(=O)n2C3)cc1. The second kappa shape index (κ2) is 8.97. The average Bonchev–Trinajstić information content (AvgIpc) is 3.38. The van der Waals surface area contributed by atoms with Crippen molar-refractivity contribution in [2.24, 2.45) is 5.92 Å². The molecule has 2 N–H and O–H groups in total. The van der Waals surface area contributed by atoms with E-state index in [-0.39, 0.29) is 39.1 Å². The van der Waals surface area contributed by atoms with E-state index < -0.39 is 10.0 Å². The summed E-state index contributed by atoms with van der Waals surface area (Å²) in [5.74, 6) is 0.0149. The fourth-order valence-electron chi connectivity index (χ4n) is 4.79. The Bertz CT molecular complexity index is 1450. The second-order valence-electron chi connectivity index (χ2n) is 8.89. The van der Waals surface area contributed by atoms with Crippen LogP contribution in [-0.2, 0) is 16.6 Å². The van der Waals surface area contributed by atoms with E-state index >= 15 is 0 Å². The van der Waals surface area contributed by atoms with Crippen LogP contribution in [0.3, 0.4) is 0 Å². The molecule has 2 atom stereocenters. The summed E-state index contributed by atoms with van der Waals surface area (Å²) in [6, 6.07) is 12.9. The van der Waals surface area contributed by atoms with Crippen LogP contribution in [0.15, 0.2) is 62.9 Å². The molecular weight excluding hydrogens is 488 g/mol. The van der Waals surface area contributed by atoms with Gasteiger partial charge >= 0.3 is 6.03 Å². The van der Waals surface area contributed by atoms with Gasteiger partial charge in [-0.05, 0) is 67.1 Å². The average molecular weight is 513 g/mol. The lowest BCUT2D eigenvalue weighted by molar-refractivity contribution is 0.101. The smallest absolute Gasteiger partial charge is 0.321 e. The third kappa shape index (κ3) is 4.61. The molecule has 9 nitrogen and oxygen atoms in total. The summed E-state index contributed by atoms with van der Waals surface area (Å²) < 4.78 is 29.4. The predicted molar refractivity (Wildman–Crippen MR) is 134 cm³/mol. The minimum absolute atomic E-state index is 0.0192. The monoisotopic (exact) mass is 512 g/mol. The Morgan fingerprint density at radius 2 is 1.80 bits per heavy atom. The molecule has 2 aliphatic rings. The highest BCUT2D eigenvalue weighted by Gasteiger charge is 2.37. The van der Waals surface area contributed by atoms with Gasteiger partial charge in [0, 0.05) is 42.5 Å².